The molecule has 0 saturated heterocycles. The lowest BCUT2D eigenvalue weighted by Crippen LogP contribution is -2.51. The van der Waals surface area contributed by atoms with Crippen molar-refractivity contribution >= 4 is 11.8 Å². The highest BCUT2D eigenvalue weighted by atomic mass is 16.5. The summed E-state index contributed by atoms with van der Waals surface area (Å²) in [6.45, 7) is 6.05. The summed E-state index contributed by atoms with van der Waals surface area (Å²) in [4.78, 5) is 35.1. The molecule has 1 aliphatic rings. The van der Waals surface area contributed by atoms with Gasteiger partial charge in [-0.2, -0.15) is 0 Å². The van der Waals surface area contributed by atoms with Crippen LogP contribution in [-0.4, -0.2) is 107 Å². The third-order valence-corrected chi connectivity index (χ3v) is 5.28. The van der Waals surface area contributed by atoms with Crippen molar-refractivity contribution in [2.75, 3.05) is 47.4 Å². The quantitative estimate of drug-likeness (QED) is 0.595. The van der Waals surface area contributed by atoms with Gasteiger partial charge in [0, 0.05) is 31.3 Å². The summed E-state index contributed by atoms with van der Waals surface area (Å²) in [7, 11) is 5.39. The highest BCUT2D eigenvalue weighted by molar-refractivity contribution is 5.97. The lowest BCUT2D eigenvalue weighted by molar-refractivity contribution is -0.132. The second-order valence-electron chi connectivity index (χ2n) is 8.66. The van der Waals surface area contributed by atoms with Crippen molar-refractivity contribution in [2.24, 2.45) is 5.92 Å². The van der Waals surface area contributed by atoms with Crippen LogP contribution in [0.2, 0.25) is 0 Å². The Morgan fingerprint density at radius 1 is 1.38 bits per heavy atom. The molecule has 2 rings (SSSR count). The topological polar surface area (TPSA) is 106 Å². The van der Waals surface area contributed by atoms with Gasteiger partial charge >= 0.3 is 0 Å². The maximum absolute atomic E-state index is 13.3. The monoisotopic (exact) mass is 446 g/mol. The molecule has 0 aliphatic carbocycles. The molecule has 176 valence electrons. The number of aliphatic hydroxyl groups excluding tert-OH is 2. The predicted octanol–water partition coefficient (Wildman–Crippen LogP) is 0.0540. The molecule has 0 aromatic carbocycles. The van der Waals surface area contributed by atoms with E-state index in [1.54, 1.807) is 41.7 Å². The number of aliphatic hydroxyl groups is 2. The number of likely N-dealkylation sites (N-methyl/N-ethyl adjacent to an activating group) is 2. The molecule has 0 radical (unpaired) electrons. The zero-order valence-electron chi connectivity index (χ0n) is 19.7. The van der Waals surface area contributed by atoms with Crippen LogP contribution in [0.4, 0.5) is 0 Å². The fourth-order valence-electron chi connectivity index (χ4n) is 3.34. The standard InChI is InChI=1S/C23H34N4O5/c1-15-11-27(16(2)14-28)23(31)19-9-18(8-7-17(3)29)10-24-22(19)32-20(15)12-26(6)21(30)13-25(4)5/h9-10,15-17,20,28-29H,11-14H2,1-6H3/t15-,16-,17-,20+/m1/s1. The molecule has 32 heavy (non-hydrogen) atoms. The molecule has 2 N–H and O–H groups in total. The minimum Gasteiger partial charge on any atom is -0.472 e. The van der Waals surface area contributed by atoms with Crippen LogP contribution in [0.1, 0.15) is 36.7 Å². The Balaban J connectivity index is 2.42. The summed E-state index contributed by atoms with van der Waals surface area (Å²) in [6.07, 6.45) is 0.273. The van der Waals surface area contributed by atoms with Gasteiger partial charge in [-0.1, -0.05) is 18.8 Å². The number of carbonyl (C=O) groups is 2. The van der Waals surface area contributed by atoms with Crippen molar-refractivity contribution in [1.82, 2.24) is 19.7 Å². The van der Waals surface area contributed by atoms with Gasteiger partial charge in [0.2, 0.25) is 11.8 Å². The Hall–Kier alpha value is -2.67. The van der Waals surface area contributed by atoms with Crippen LogP contribution in [0.15, 0.2) is 12.3 Å². The van der Waals surface area contributed by atoms with Crippen molar-refractivity contribution in [3.8, 4) is 17.7 Å². The molecule has 9 heteroatoms. The van der Waals surface area contributed by atoms with Gasteiger partial charge in [-0.05, 0) is 34.0 Å². The highest BCUT2D eigenvalue weighted by Gasteiger charge is 2.34. The van der Waals surface area contributed by atoms with Gasteiger partial charge in [0.25, 0.3) is 5.91 Å². The number of fused-ring (bicyclic) bond motifs is 1. The maximum Gasteiger partial charge on any atom is 0.259 e. The van der Waals surface area contributed by atoms with Crippen molar-refractivity contribution in [2.45, 2.75) is 39.0 Å². The Bertz CT molecular complexity index is 877. The van der Waals surface area contributed by atoms with Gasteiger partial charge < -0.3 is 29.6 Å². The van der Waals surface area contributed by atoms with E-state index in [1.165, 1.54) is 6.20 Å². The fourth-order valence-corrected chi connectivity index (χ4v) is 3.34. The zero-order chi connectivity index (χ0) is 24.0. The van der Waals surface area contributed by atoms with E-state index in [1.807, 2.05) is 21.0 Å². The first-order chi connectivity index (χ1) is 15.0. The van der Waals surface area contributed by atoms with Gasteiger partial charge in [0.05, 0.1) is 25.7 Å². The summed E-state index contributed by atoms with van der Waals surface area (Å²) in [6, 6.07) is 1.18. The number of nitrogens with zero attached hydrogens (tertiary/aromatic N) is 4. The first-order valence-electron chi connectivity index (χ1n) is 10.7. The molecule has 1 aromatic heterocycles. The molecule has 0 fully saturated rings. The third-order valence-electron chi connectivity index (χ3n) is 5.28. The van der Waals surface area contributed by atoms with E-state index in [0.717, 1.165) is 0 Å². The number of amides is 2. The van der Waals surface area contributed by atoms with E-state index < -0.39 is 18.2 Å². The summed E-state index contributed by atoms with van der Waals surface area (Å²) < 4.78 is 6.16. The van der Waals surface area contributed by atoms with Crippen LogP contribution in [0.3, 0.4) is 0 Å². The van der Waals surface area contributed by atoms with Crippen LogP contribution >= 0.6 is 0 Å². The van der Waals surface area contributed by atoms with Gasteiger partial charge in [0.1, 0.15) is 17.8 Å². The SMILES string of the molecule is C[C@@H]1CN([C@H](C)CO)C(=O)c2cc(C#C[C@@H](C)O)cnc2O[C@H]1CN(C)C(=O)CN(C)C. The van der Waals surface area contributed by atoms with Gasteiger partial charge in [-0.3, -0.25) is 9.59 Å². The molecular weight excluding hydrogens is 412 g/mol. The molecule has 0 bridgehead atoms. The molecule has 4 atom stereocenters. The maximum atomic E-state index is 13.3. The van der Waals surface area contributed by atoms with Crippen molar-refractivity contribution < 1.29 is 24.5 Å². The van der Waals surface area contributed by atoms with E-state index in [0.29, 0.717) is 18.7 Å². The average Bonchev–Trinajstić information content (AvgIpc) is 2.73. The van der Waals surface area contributed by atoms with Gasteiger partial charge in [-0.15, -0.1) is 0 Å². The van der Waals surface area contributed by atoms with Crippen LogP contribution in [0, 0.1) is 17.8 Å². The molecule has 0 saturated carbocycles. The smallest absolute Gasteiger partial charge is 0.259 e. The lowest BCUT2D eigenvalue weighted by Gasteiger charge is -2.37. The number of aromatic nitrogens is 1. The largest absolute Gasteiger partial charge is 0.472 e. The molecule has 1 aliphatic heterocycles. The van der Waals surface area contributed by atoms with Crippen LogP contribution in [0.5, 0.6) is 5.88 Å². The highest BCUT2D eigenvalue weighted by Crippen LogP contribution is 2.27. The second-order valence-corrected chi connectivity index (χ2v) is 8.66. The Labute approximate surface area is 190 Å². The Kier molecular flexibility index (Phi) is 9.01. The zero-order valence-corrected chi connectivity index (χ0v) is 19.7. The molecule has 1 aromatic rings. The Morgan fingerprint density at radius 3 is 2.66 bits per heavy atom. The van der Waals surface area contributed by atoms with E-state index in [2.05, 4.69) is 16.8 Å². The van der Waals surface area contributed by atoms with Gasteiger partial charge in [-0.25, -0.2) is 4.98 Å². The normalized spacial score (nSPS) is 20.3. The fraction of sp³-hybridized carbons (Fsp3) is 0.609. The first kappa shape index (κ1) is 25.6. The number of ether oxygens (including phenoxy) is 1. The second kappa shape index (κ2) is 11.3. The molecule has 2 amide bonds. The minimum absolute atomic E-state index is 0.0403. The number of carbonyl (C=O) groups excluding carboxylic acids is 2. The number of pyridine rings is 1. The van der Waals surface area contributed by atoms with E-state index in [4.69, 9.17) is 4.74 Å². The van der Waals surface area contributed by atoms with Crippen molar-refractivity contribution in [3.05, 3.63) is 23.4 Å². The summed E-state index contributed by atoms with van der Waals surface area (Å²) in [5, 5.41) is 19.1. The van der Waals surface area contributed by atoms with Gasteiger partial charge in [0.15, 0.2) is 0 Å². The first-order valence-corrected chi connectivity index (χ1v) is 10.7. The lowest BCUT2D eigenvalue weighted by atomic mass is 10.00. The average molecular weight is 447 g/mol. The summed E-state index contributed by atoms with van der Waals surface area (Å²) in [5.41, 5.74) is 0.712. The molecular formula is C23H34N4O5. The van der Waals surface area contributed by atoms with Crippen molar-refractivity contribution in [1.29, 1.82) is 0 Å². The van der Waals surface area contributed by atoms with Crippen LogP contribution < -0.4 is 4.74 Å². The molecule has 0 unspecified atom stereocenters. The molecule has 0 spiro atoms. The van der Waals surface area contributed by atoms with E-state index in [-0.39, 0.29) is 42.3 Å². The van der Waals surface area contributed by atoms with E-state index >= 15 is 0 Å². The molecule has 9 nitrogen and oxygen atoms in total. The predicted molar refractivity (Wildman–Crippen MR) is 120 cm³/mol. The number of hydrogen-bond donors (Lipinski definition) is 2. The Morgan fingerprint density at radius 2 is 2.06 bits per heavy atom. The van der Waals surface area contributed by atoms with Crippen molar-refractivity contribution in [3.63, 3.8) is 0 Å². The summed E-state index contributed by atoms with van der Waals surface area (Å²) >= 11 is 0. The van der Waals surface area contributed by atoms with Crippen LogP contribution in [0.25, 0.3) is 0 Å². The number of rotatable bonds is 6. The molecule has 2 heterocycles. The third kappa shape index (κ3) is 6.66. The summed E-state index contributed by atoms with van der Waals surface area (Å²) in [5.74, 6) is 5.13. The number of hydrogen-bond acceptors (Lipinski definition) is 7. The van der Waals surface area contributed by atoms with Crippen LogP contribution in [-0.2, 0) is 4.79 Å². The minimum atomic E-state index is -0.810. The van der Waals surface area contributed by atoms with E-state index in [9.17, 15) is 19.8 Å².